The normalized spacial score (nSPS) is 16.4. The molecule has 2 aromatic rings. The average Bonchev–Trinajstić information content (AvgIpc) is 2.76. The van der Waals surface area contributed by atoms with Gasteiger partial charge in [0.1, 0.15) is 17.0 Å². The van der Waals surface area contributed by atoms with Gasteiger partial charge in [0.2, 0.25) is 0 Å². The van der Waals surface area contributed by atoms with Crippen molar-refractivity contribution in [2.75, 3.05) is 18.4 Å². The first kappa shape index (κ1) is 14.3. The van der Waals surface area contributed by atoms with Crippen molar-refractivity contribution in [3.05, 3.63) is 16.2 Å². The van der Waals surface area contributed by atoms with E-state index in [1.165, 1.54) is 22.6 Å². The van der Waals surface area contributed by atoms with Crippen LogP contribution in [0.25, 0.3) is 10.2 Å². The lowest BCUT2D eigenvalue weighted by molar-refractivity contribution is 0.134. The van der Waals surface area contributed by atoms with E-state index in [2.05, 4.69) is 15.3 Å². The molecule has 0 atom stereocenters. The number of aromatic nitrogens is 2. The molecule has 1 aliphatic heterocycles. The Morgan fingerprint density at radius 3 is 2.86 bits per heavy atom. The Balaban J connectivity index is 1.78. The fourth-order valence-corrected chi connectivity index (χ4v) is 3.75. The number of hydrogen-bond acceptors (Lipinski definition) is 5. The van der Waals surface area contributed by atoms with Crippen LogP contribution >= 0.6 is 22.9 Å². The van der Waals surface area contributed by atoms with Crippen molar-refractivity contribution in [3.63, 3.8) is 0 Å². The van der Waals surface area contributed by atoms with E-state index < -0.39 is 6.09 Å². The van der Waals surface area contributed by atoms with Crippen molar-refractivity contribution < 1.29 is 9.90 Å². The molecule has 0 aliphatic carbocycles. The molecule has 21 heavy (non-hydrogen) atoms. The predicted octanol–water partition coefficient (Wildman–Crippen LogP) is 3.21. The van der Waals surface area contributed by atoms with Gasteiger partial charge in [-0.15, -0.1) is 11.3 Å². The number of hydrogen-bond donors (Lipinski definition) is 2. The average molecular weight is 327 g/mol. The molecule has 2 aromatic heterocycles. The van der Waals surface area contributed by atoms with Crippen LogP contribution in [0.2, 0.25) is 4.34 Å². The zero-order valence-electron chi connectivity index (χ0n) is 11.5. The van der Waals surface area contributed by atoms with Gasteiger partial charge in [0, 0.05) is 19.1 Å². The molecule has 0 aromatic carbocycles. The van der Waals surface area contributed by atoms with Crippen LogP contribution in [0, 0.1) is 6.92 Å². The fraction of sp³-hybridized carbons (Fsp3) is 0.462. The number of likely N-dealkylation sites (tertiary alicyclic amines) is 1. The molecule has 1 amide bonds. The van der Waals surface area contributed by atoms with Crippen LogP contribution in [0.3, 0.4) is 0 Å². The number of piperidine rings is 1. The number of rotatable bonds is 2. The Morgan fingerprint density at radius 1 is 1.48 bits per heavy atom. The number of halogens is 1. The molecule has 0 unspecified atom stereocenters. The lowest BCUT2D eigenvalue weighted by Crippen LogP contribution is -2.41. The van der Waals surface area contributed by atoms with Gasteiger partial charge in [-0.05, 0) is 25.3 Å². The monoisotopic (exact) mass is 326 g/mol. The summed E-state index contributed by atoms with van der Waals surface area (Å²) in [5.74, 6) is 0.787. The van der Waals surface area contributed by atoms with Gasteiger partial charge in [-0.3, -0.25) is 0 Å². The highest BCUT2D eigenvalue weighted by atomic mass is 35.5. The predicted molar refractivity (Wildman–Crippen MR) is 83.4 cm³/mol. The van der Waals surface area contributed by atoms with Crippen LogP contribution in [0.4, 0.5) is 10.6 Å². The van der Waals surface area contributed by atoms with Crippen LogP contribution in [0.5, 0.6) is 0 Å². The molecular formula is C13H15ClN4O2S. The minimum Gasteiger partial charge on any atom is -0.465 e. The molecule has 0 spiro atoms. The number of nitrogens with zero attached hydrogens (tertiary/aromatic N) is 3. The van der Waals surface area contributed by atoms with Gasteiger partial charge in [0.15, 0.2) is 0 Å². The van der Waals surface area contributed by atoms with E-state index in [1.807, 2.05) is 6.92 Å². The molecule has 1 saturated heterocycles. The lowest BCUT2D eigenvalue weighted by atomic mass is 10.1. The van der Waals surface area contributed by atoms with Crippen molar-refractivity contribution in [1.82, 2.24) is 14.9 Å². The molecule has 0 bridgehead atoms. The second-order valence-corrected chi connectivity index (χ2v) is 6.69. The van der Waals surface area contributed by atoms with Crippen LogP contribution in [0.1, 0.15) is 18.4 Å². The largest absolute Gasteiger partial charge is 0.465 e. The summed E-state index contributed by atoms with van der Waals surface area (Å²) < 4.78 is 0.731. The highest BCUT2D eigenvalue weighted by Crippen LogP contribution is 2.36. The summed E-state index contributed by atoms with van der Waals surface area (Å²) in [6.07, 6.45) is 2.23. The highest BCUT2D eigenvalue weighted by molar-refractivity contribution is 7.22. The van der Waals surface area contributed by atoms with Crippen molar-refractivity contribution in [2.45, 2.75) is 25.8 Å². The summed E-state index contributed by atoms with van der Waals surface area (Å²) in [4.78, 5) is 21.8. The summed E-state index contributed by atoms with van der Waals surface area (Å²) in [6.45, 7) is 3.05. The van der Waals surface area contributed by atoms with E-state index in [0.29, 0.717) is 13.1 Å². The first-order valence-corrected chi connectivity index (χ1v) is 7.89. The Morgan fingerprint density at radius 2 is 2.19 bits per heavy atom. The minimum atomic E-state index is -0.849. The van der Waals surface area contributed by atoms with Gasteiger partial charge in [-0.1, -0.05) is 11.6 Å². The molecule has 112 valence electrons. The smallest absolute Gasteiger partial charge is 0.407 e. The van der Waals surface area contributed by atoms with Crippen LogP contribution in [-0.2, 0) is 0 Å². The Bertz CT molecular complexity index is 682. The maximum Gasteiger partial charge on any atom is 0.407 e. The third kappa shape index (κ3) is 2.75. The number of anilines is 1. The van der Waals surface area contributed by atoms with Gasteiger partial charge in [0.25, 0.3) is 0 Å². The first-order chi connectivity index (χ1) is 10.1. The standard InChI is InChI=1S/C13H15ClN4O2S/c1-7-9-11(15-6-16-12(9)21-10(7)14)17-8-2-4-18(5-3-8)13(19)20/h6,8H,2-5H2,1H3,(H,19,20)(H,15,16,17). The summed E-state index contributed by atoms with van der Waals surface area (Å²) in [5, 5.41) is 13.3. The summed E-state index contributed by atoms with van der Waals surface area (Å²) in [5.41, 5.74) is 0.989. The van der Waals surface area contributed by atoms with Crippen LogP contribution in [-0.4, -0.2) is 45.2 Å². The molecule has 0 saturated carbocycles. The van der Waals surface area contributed by atoms with E-state index in [9.17, 15) is 4.79 Å². The maximum absolute atomic E-state index is 10.9. The minimum absolute atomic E-state index is 0.219. The molecule has 3 heterocycles. The van der Waals surface area contributed by atoms with Gasteiger partial charge in [-0.2, -0.15) is 0 Å². The molecule has 6 nitrogen and oxygen atoms in total. The van der Waals surface area contributed by atoms with Gasteiger partial charge in [0.05, 0.1) is 9.72 Å². The number of carboxylic acid groups (broad SMARTS) is 1. The van der Waals surface area contributed by atoms with Gasteiger partial charge >= 0.3 is 6.09 Å². The van der Waals surface area contributed by atoms with Crippen molar-refractivity contribution in [3.8, 4) is 0 Å². The molecule has 0 radical (unpaired) electrons. The first-order valence-electron chi connectivity index (χ1n) is 6.70. The lowest BCUT2D eigenvalue weighted by Gasteiger charge is -2.30. The van der Waals surface area contributed by atoms with E-state index in [-0.39, 0.29) is 6.04 Å². The molecular weight excluding hydrogens is 312 g/mol. The second-order valence-electron chi connectivity index (χ2n) is 5.09. The van der Waals surface area contributed by atoms with E-state index in [1.54, 1.807) is 0 Å². The Labute approximate surface area is 130 Å². The second kappa shape index (κ2) is 5.65. The third-order valence-electron chi connectivity index (χ3n) is 3.77. The summed E-state index contributed by atoms with van der Waals surface area (Å²) >= 11 is 7.62. The van der Waals surface area contributed by atoms with Crippen LogP contribution < -0.4 is 5.32 Å². The Hall–Kier alpha value is -1.60. The fourth-order valence-electron chi connectivity index (χ4n) is 2.56. The van der Waals surface area contributed by atoms with E-state index in [4.69, 9.17) is 16.7 Å². The number of amides is 1. The van der Waals surface area contributed by atoms with Crippen LogP contribution in [0.15, 0.2) is 6.33 Å². The SMILES string of the molecule is Cc1c(Cl)sc2ncnc(NC3CCN(C(=O)O)CC3)c12. The van der Waals surface area contributed by atoms with Crippen molar-refractivity contribution in [2.24, 2.45) is 0 Å². The Kier molecular flexibility index (Phi) is 3.86. The van der Waals surface area contributed by atoms with Crippen molar-refractivity contribution >= 4 is 45.1 Å². The number of nitrogens with one attached hydrogen (secondary N) is 1. The van der Waals surface area contributed by atoms with Gasteiger partial charge < -0.3 is 15.3 Å². The number of aryl methyl sites for hydroxylation is 1. The molecule has 8 heteroatoms. The number of carbonyl (C=O) groups is 1. The van der Waals surface area contributed by atoms with Crippen molar-refractivity contribution in [1.29, 1.82) is 0 Å². The molecule has 2 N–H and O–H groups in total. The molecule has 1 aliphatic rings. The zero-order chi connectivity index (χ0) is 15.0. The zero-order valence-corrected chi connectivity index (χ0v) is 13.0. The molecule has 3 rings (SSSR count). The van der Waals surface area contributed by atoms with Gasteiger partial charge in [-0.25, -0.2) is 14.8 Å². The molecule has 1 fully saturated rings. The number of fused-ring (bicyclic) bond motifs is 1. The maximum atomic E-state index is 10.9. The van der Waals surface area contributed by atoms with E-state index >= 15 is 0 Å². The number of thiophene rings is 1. The third-order valence-corrected chi connectivity index (χ3v) is 5.28. The van der Waals surface area contributed by atoms with E-state index in [0.717, 1.165) is 38.8 Å². The summed E-state index contributed by atoms with van der Waals surface area (Å²) in [7, 11) is 0. The summed E-state index contributed by atoms with van der Waals surface area (Å²) in [6, 6.07) is 0.219. The quantitative estimate of drug-likeness (QED) is 0.886. The highest BCUT2D eigenvalue weighted by Gasteiger charge is 2.23. The topological polar surface area (TPSA) is 78.4 Å².